The first-order chi connectivity index (χ1) is 35.5. The number of fused-ring (bicyclic) bond motifs is 1. The standard InChI is InChI=1S/3C18H24N2.C15H11N.Ir.Ru/c3*1-17(2,3)13-7-9-19-15(11-13)16-12-14(8-10-20-16)18(4,5)6;1-2-6-12(7-3-1)15-11-10-13-8-4-5-9-14(13)16-15;;/h3*7-12H,1-6H3;1-11H;;/q;;;;2*+3. The number of para-hydroxylation sites is 1. The number of rotatable bonds is 4. The van der Waals surface area contributed by atoms with Gasteiger partial charge in [0.15, 0.2) is 0 Å². The van der Waals surface area contributed by atoms with Crippen LogP contribution in [0.3, 0.4) is 0 Å². The molecule has 0 spiro atoms. The van der Waals surface area contributed by atoms with Crippen molar-refractivity contribution in [1.29, 1.82) is 0 Å². The molecule has 9 rings (SSSR count). The molecule has 0 amide bonds. The second kappa shape index (κ2) is 26.8. The second-order valence-corrected chi connectivity index (χ2v) is 25.8. The van der Waals surface area contributed by atoms with E-state index in [-0.39, 0.29) is 72.1 Å². The van der Waals surface area contributed by atoms with Crippen molar-refractivity contribution in [2.45, 2.75) is 157 Å². The van der Waals surface area contributed by atoms with Gasteiger partial charge in [-0.05, 0) is 151 Å². The summed E-state index contributed by atoms with van der Waals surface area (Å²) < 4.78 is 0. The Labute approximate surface area is 494 Å². The Morgan fingerprint density at radius 3 is 0.756 bits per heavy atom. The van der Waals surface area contributed by atoms with Gasteiger partial charge in [-0.25, -0.2) is 4.98 Å². The maximum atomic E-state index is 4.65. The van der Waals surface area contributed by atoms with Crippen LogP contribution < -0.4 is 0 Å². The molecule has 405 valence electrons. The van der Waals surface area contributed by atoms with E-state index >= 15 is 0 Å². The number of benzene rings is 2. The molecule has 2 aromatic carbocycles. The molecule has 0 fully saturated rings. The predicted molar refractivity (Wildman–Crippen MR) is 322 cm³/mol. The predicted octanol–water partition coefficient (Wildman–Crippen LogP) is 18.1. The van der Waals surface area contributed by atoms with Crippen LogP contribution in [0.5, 0.6) is 0 Å². The molecule has 0 bridgehead atoms. The Balaban J connectivity index is 0.000000223. The van der Waals surface area contributed by atoms with E-state index in [1.54, 1.807) is 0 Å². The van der Waals surface area contributed by atoms with Gasteiger partial charge in [-0.3, -0.25) is 29.9 Å². The van der Waals surface area contributed by atoms with Crippen LogP contribution >= 0.6 is 0 Å². The van der Waals surface area contributed by atoms with E-state index in [9.17, 15) is 0 Å². The first kappa shape index (κ1) is 64.5. The molecule has 0 unspecified atom stereocenters. The minimum absolute atomic E-state index is 0. The summed E-state index contributed by atoms with van der Waals surface area (Å²) in [6.07, 6.45) is 11.3. The van der Waals surface area contributed by atoms with Crippen molar-refractivity contribution >= 4 is 10.9 Å². The van der Waals surface area contributed by atoms with Gasteiger partial charge < -0.3 is 0 Å². The number of hydrogen-bond acceptors (Lipinski definition) is 7. The summed E-state index contributed by atoms with van der Waals surface area (Å²) in [5.74, 6) is 0. The minimum atomic E-state index is 0. The van der Waals surface area contributed by atoms with E-state index in [1.807, 2.05) is 73.6 Å². The molecule has 1 radical (unpaired) electrons. The molecular formula is C69H83IrN7Ru+6. The Morgan fingerprint density at radius 2 is 0.500 bits per heavy atom. The van der Waals surface area contributed by atoms with Gasteiger partial charge in [0.05, 0.1) is 45.4 Å². The average molecular weight is 1300 g/mol. The van der Waals surface area contributed by atoms with Crippen molar-refractivity contribution in [3.05, 3.63) is 210 Å². The van der Waals surface area contributed by atoms with Gasteiger partial charge in [0.25, 0.3) is 0 Å². The van der Waals surface area contributed by atoms with E-state index in [0.717, 1.165) is 50.9 Å². The molecule has 0 aliphatic heterocycles. The van der Waals surface area contributed by atoms with Crippen molar-refractivity contribution in [3.63, 3.8) is 0 Å². The quantitative estimate of drug-likeness (QED) is 0.162. The van der Waals surface area contributed by atoms with E-state index in [0.29, 0.717) is 0 Å². The average Bonchev–Trinajstić information content (AvgIpc) is 3.38. The van der Waals surface area contributed by atoms with Crippen molar-refractivity contribution in [3.8, 4) is 45.4 Å². The smallest absolute Gasteiger partial charge is 0.255 e. The van der Waals surface area contributed by atoms with E-state index < -0.39 is 0 Å². The van der Waals surface area contributed by atoms with Crippen LogP contribution in [0.4, 0.5) is 0 Å². The van der Waals surface area contributed by atoms with Crippen LogP contribution in [0.25, 0.3) is 56.3 Å². The fourth-order valence-corrected chi connectivity index (χ4v) is 8.06. The maximum absolute atomic E-state index is 4.65. The zero-order chi connectivity index (χ0) is 55.7. The largest absolute Gasteiger partial charge is 3.00 e. The fraction of sp³-hybridized carbons (Fsp3) is 0.348. The molecule has 0 saturated heterocycles. The topological polar surface area (TPSA) is 90.2 Å². The molecule has 0 aliphatic rings. The summed E-state index contributed by atoms with van der Waals surface area (Å²) in [5, 5.41) is 1.18. The molecule has 7 aromatic heterocycles. The minimum Gasteiger partial charge on any atom is -0.255 e. The Kier molecular flexibility index (Phi) is 22.2. The molecule has 7 heterocycles. The third-order valence-electron chi connectivity index (χ3n) is 13.2. The molecule has 0 N–H and O–H groups in total. The molecular weight excluding hydrogens is 1220 g/mol. The van der Waals surface area contributed by atoms with E-state index in [4.69, 9.17) is 0 Å². The first-order valence-corrected chi connectivity index (χ1v) is 26.7. The fourth-order valence-electron chi connectivity index (χ4n) is 8.06. The Hall–Kier alpha value is -5.98. The molecule has 9 heteroatoms. The van der Waals surface area contributed by atoms with Crippen molar-refractivity contribution in [2.24, 2.45) is 0 Å². The number of pyridine rings is 7. The van der Waals surface area contributed by atoms with Gasteiger partial charge in [0.1, 0.15) is 0 Å². The number of hydrogen-bond donors (Lipinski definition) is 0. The summed E-state index contributed by atoms with van der Waals surface area (Å²) in [6.45, 7) is 39.8. The number of nitrogens with zero attached hydrogens (tertiary/aromatic N) is 7. The normalized spacial score (nSPS) is 11.8. The summed E-state index contributed by atoms with van der Waals surface area (Å²) in [4.78, 5) is 31.5. The molecule has 0 atom stereocenters. The van der Waals surface area contributed by atoms with Gasteiger partial charge in [-0.1, -0.05) is 179 Å². The molecule has 78 heavy (non-hydrogen) atoms. The third kappa shape index (κ3) is 18.6. The van der Waals surface area contributed by atoms with Gasteiger partial charge in [-0.2, -0.15) is 0 Å². The monoisotopic (exact) mass is 1300 g/mol. The maximum Gasteiger partial charge on any atom is 3.00 e. The number of aromatic nitrogens is 7. The molecule has 7 nitrogen and oxygen atoms in total. The zero-order valence-corrected chi connectivity index (χ0v) is 53.7. The van der Waals surface area contributed by atoms with Crippen molar-refractivity contribution in [1.82, 2.24) is 34.9 Å². The van der Waals surface area contributed by atoms with Gasteiger partial charge in [0, 0.05) is 48.1 Å². The van der Waals surface area contributed by atoms with E-state index in [2.05, 4.69) is 263 Å². The Morgan fingerprint density at radius 1 is 0.256 bits per heavy atom. The van der Waals surface area contributed by atoms with Crippen LogP contribution in [0.15, 0.2) is 177 Å². The second-order valence-electron chi connectivity index (χ2n) is 25.8. The summed E-state index contributed by atoms with van der Waals surface area (Å²) in [7, 11) is 0. The summed E-state index contributed by atoms with van der Waals surface area (Å²) >= 11 is 0. The van der Waals surface area contributed by atoms with Crippen LogP contribution in [0, 0.1) is 0 Å². The van der Waals surface area contributed by atoms with Crippen LogP contribution in [0.2, 0.25) is 0 Å². The summed E-state index contributed by atoms with van der Waals surface area (Å²) in [5.41, 5.74) is 17.4. The van der Waals surface area contributed by atoms with Gasteiger partial charge in [0.2, 0.25) is 0 Å². The van der Waals surface area contributed by atoms with Crippen LogP contribution in [-0.4, -0.2) is 34.9 Å². The van der Waals surface area contributed by atoms with Crippen LogP contribution in [0.1, 0.15) is 158 Å². The Bertz CT molecular complexity index is 2900. The SMILES string of the molecule is CC(C)(C)c1ccnc(-c2cc(C(C)(C)C)ccn2)c1.CC(C)(C)c1ccnc(-c2cc(C(C)(C)C)ccn2)c1.CC(C)(C)c1ccnc(-c2cc(C(C)(C)C)ccn2)c1.[Ir+3].[Ru+3].c1ccc(-c2ccc3ccccc3n2)cc1. The molecule has 0 aliphatic carbocycles. The first-order valence-electron chi connectivity index (χ1n) is 26.7. The van der Waals surface area contributed by atoms with Crippen molar-refractivity contribution in [2.75, 3.05) is 0 Å². The van der Waals surface area contributed by atoms with E-state index in [1.165, 1.54) is 38.8 Å². The van der Waals surface area contributed by atoms with Gasteiger partial charge in [-0.15, -0.1) is 0 Å². The summed E-state index contributed by atoms with van der Waals surface area (Å²) in [6, 6.07) is 48.0. The third-order valence-corrected chi connectivity index (χ3v) is 13.2. The molecule has 9 aromatic rings. The van der Waals surface area contributed by atoms with Crippen molar-refractivity contribution < 1.29 is 39.6 Å². The zero-order valence-electron chi connectivity index (χ0n) is 49.6. The van der Waals surface area contributed by atoms with Gasteiger partial charge >= 0.3 is 39.6 Å². The molecule has 0 saturated carbocycles. The van der Waals surface area contributed by atoms with Crippen LogP contribution in [-0.2, 0) is 72.1 Å².